The van der Waals surface area contributed by atoms with Gasteiger partial charge < -0.3 is 14.4 Å². The van der Waals surface area contributed by atoms with Gasteiger partial charge in [-0.2, -0.15) is 0 Å². The number of aromatic nitrogens is 1. The van der Waals surface area contributed by atoms with Gasteiger partial charge in [-0.25, -0.2) is 0 Å². The zero-order chi connectivity index (χ0) is 19.3. The van der Waals surface area contributed by atoms with Crippen molar-refractivity contribution in [2.45, 2.75) is 19.5 Å². The summed E-state index contributed by atoms with van der Waals surface area (Å²) in [6, 6.07) is 19.3. The summed E-state index contributed by atoms with van der Waals surface area (Å²) in [4.78, 5) is 18.8. The van der Waals surface area contributed by atoms with E-state index < -0.39 is 0 Å². The van der Waals surface area contributed by atoms with Crippen molar-refractivity contribution in [3.05, 3.63) is 78.6 Å². The smallest absolute Gasteiger partial charge is 0.261 e. The summed E-state index contributed by atoms with van der Waals surface area (Å²) in [6.45, 7) is 2.94. The van der Waals surface area contributed by atoms with Gasteiger partial charge >= 0.3 is 0 Å². The van der Waals surface area contributed by atoms with Gasteiger partial charge in [-0.3, -0.25) is 9.78 Å². The summed E-state index contributed by atoms with van der Waals surface area (Å²) in [6.07, 6.45) is 3.59. The minimum absolute atomic E-state index is 0.00594. The van der Waals surface area contributed by atoms with E-state index in [-0.39, 0.29) is 18.6 Å². The third-order valence-corrected chi connectivity index (χ3v) is 4.83. The Morgan fingerprint density at radius 1 is 1.14 bits per heavy atom. The Morgan fingerprint density at radius 2 is 2.00 bits per heavy atom. The highest BCUT2D eigenvalue weighted by Crippen LogP contribution is 2.30. The standard InChI is InChI=1S/C23H22N2O3/c1-17-15-28-22-10-9-18(19-6-5-11-24-13-19)12-20(22)14-25(17)23(26)16-27-21-7-3-2-4-8-21/h2-13,17H,14-16H2,1H3. The summed E-state index contributed by atoms with van der Waals surface area (Å²) < 4.78 is 11.6. The van der Waals surface area contributed by atoms with E-state index in [0.717, 1.165) is 22.4 Å². The number of pyridine rings is 1. The van der Waals surface area contributed by atoms with Crippen LogP contribution in [0.4, 0.5) is 0 Å². The van der Waals surface area contributed by atoms with Crippen LogP contribution in [0.15, 0.2) is 73.1 Å². The van der Waals surface area contributed by atoms with Gasteiger partial charge in [0.05, 0.1) is 6.04 Å². The molecule has 4 rings (SSSR count). The second-order valence-electron chi connectivity index (χ2n) is 6.85. The van der Waals surface area contributed by atoms with Crippen LogP contribution in [0.25, 0.3) is 11.1 Å². The maximum Gasteiger partial charge on any atom is 0.261 e. The van der Waals surface area contributed by atoms with Crippen molar-refractivity contribution in [3.63, 3.8) is 0 Å². The zero-order valence-electron chi connectivity index (χ0n) is 15.7. The summed E-state index contributed by atoms with van der Waals surface area (Å²) in [5.41, 5.74) is 3.07. The number of amides is 1. The summed E-state index contributed by atoms with van der Waals surface area (Å²) in [5, 5.41) is 0. The maximum atomic E-state index is 12.8. The Morgan fingerprint density at radius 3 is 2.79 bits per heavy atom. The highest BCUT2D eigenvalue weighted by molar-refractivity contribution is 5.78. The number of ether oxygens (including phenoxy) is 2. The summed E-state index contributed by atoms with van der Waals surface area (Å²) in [5.74, 6) is 1.45. The first-order valence-electron chi connectivity index (χ1n) is 9.34. The van der Waals surface area contributed by atoms with E-state index >= 15 is 0 Å². The van der Waals surface area contributed by atoms with Gasteiger partial charge in [0, 0.05) is 30.1 Å². The van der Waals surface area contributed by atoms with Crippen molar-refractivity contribution < 1.29 is 14.3 Å². The molecule has 1 amide bonds. The normalized spacial score (nSPS) is 15.9. The second-order valence-corrected chi connectivity index (χ2v) is 6.85. The molecule has 1 atom stereocenters. The highest BCUT2D eigenvalue weighted by atomic mass is 16.5. The van der Waals surface area contributed by atoms with E-state index in [4.69, 9.17) is 9.47 Å². The van der Waals surface area contributed by atoms with Gasteiger partial charge in [0.15, 0.2) is 6.61 Å². The average molecular weight is 374 g/mol. The van der Waals surface area contributed by atoms with Crippen LogP contribution in [0.2, 0.25) is 0 Å². The van der Waals surface area contributed by atoms with Crippen LogP contribution in [0.1, 0.15) is 12.5 Å². The number of carbonyl (C=O) groups excluding carboxylic acids is 1. The Kier molecular flexibility index (Phi) is 5.24. The van der Waals surface area contributed by atoms with Crippen molar-refractivity contribution in [2.75, 3.05) is 13.2 Å². The molecular weight excluding hydrogens is 352 g/mol. The lowest BCUT2D eigenvalue weighted by Crippen LogP contribution is -2.42. The van der Waals surface area contributed by atoms with Crippen molar-refractivity contribution >= 4 is 5.91 Å². The minimum atomic E-state index is -0.0559. The molecule has 0 saturated carbocycles. The summed E-state index contributed by atoms with van der Waals surface area (Å²) in [7, 11) is 0. The maximum absolute atomic E-state index is 12.8. The van der Waals surface area contributed by atoms with Gasteiger partial charge in [-0.1, -0.05) is 30.3 Å². The van der Waals surface area contributed by atoms with Crippen LogP contribution in [0.5, 0.6) is 11.5 Å². The van der Waals surface area contributed by atoms with Crippen molar-refractivity contribution in [1.29, 1.82) is 0 Å². The van der Waals surface area contributed by atoms with Gasteiger partial charge in [-0.05, 0) is 42.8 Å². The largest absolute Gasteiger partial charge is 0.491 e. The zero-order valence-corrected chi connectivity index (χ0v) is 15.7. The van der Waals surface area contributed by atoms with Crippen molar-refractivity contribution in [1.82, 2.24) is 9.88 Å². The van der Waals surface area contributed by atoms with Crippen LogP contribution >= 0.6 is 0 Å². The number of rotatable bonds is 4. The SMILES string of the molecule is CC1COc2ccc(-c3cccnc3)cc2CN1C(=O)COc1ccccc1. The molecule has 142 valence electrons. The molecule has 0 radical (unpaired) electrons. The lowest BCUT2D eigenvalue weighted by molar-refractivity contribution is -0.136. The molecule has 1 aromatic heterocycles. The van der Waals surface area contributed by atoms with E-state index in [2.05, 4.69) is 11.1 Å². The molecule has 1 aliphatic heterocycles. The number of fused-ring (bicyclic) bond motifs is 1. The van der Waals surface area contributed by atoms with E-state index in [1.165, 1.54) is 0 Å². The number of hydrogen-bond donors (Lipinski definition) is 0. The molecule has 0 saturated heterocycles. The van der Waals surface area contributed by atoms with Gasteiger partial charge in [0.2, 0.25) is 0 Å². The predicted molar refractivity (Wildman–Crippen MR) is 107 cm³/mol. The molecule has 1 unspecified atom stereocenters. The Bertz CT molecular complexity index is 945. The van der Waals surface area contributed by atoms with E-state index in [1.54, 1.807) is 6.20 Å². The fourth-order valence-corrected chi connectivity index (χ4v) is 3.28. The number of hydrogen-bond acceptors (Lipinski definition) is 4. The molecule has 0 aliphatic carbocycles. The quantitative estimate of drug-likeness (QED) is 0.694. The number of benzene rings is 2. The molecule has 2 aromatic carbocycles. The lowest BCUT2D eigenvalue weighted by Gasteiger charge is -2.26. The first kappa shape index (κ1) is 18.0. The Labute approximate surface area is 164 Å². The van der Waals surface area contributed by atoms with Gasteiger partial charge in [0.1, 0.15) is 18.1 Å². The number of para-hydroxylation sites is 1. The van der Waals surface area contributed by atoms with Gasteiger partial charge in [0.25, 0.3) is 5.91 Å². The van der Waals surface area contributed by atoms with Crippen LogP contribution in [0.3, 0.4) is 0 Å². The average Bonchev–Trinajstić information content (AvgIpc) is 2.92. The fourth-order valence-electron chi connectivity index (χ4n) is 3.28. The molecule has 0 spiro atoms. The molecule has 5 nitrogen and oxygen atoms in total. The molecule has 5 heteroatoms. The monoisotopic (exact) mass is 374 g/mol. The van der Waals surface area contributed by atoms with Crippen molar-refractivity contribution in [2.24, 2.45) is 0 Å². The molecule has 3 aromatic rings. The topological polar surface area (TPSA) is 51.7 Å². The third-order valence-electron chi connectivity index (χ3n) is 4.83. The van der Waals surface area contributed by atoms with Crippen LogP contribution < -0.4 is 9.47 Å². The Balaban J connectivity index is 1.53. The summed E-state index contributed by atoms with van der Waals surface area (Å²) >= 11 is 0. The molecule has 0 fully saturated rings. The van der Waals surface area contributed by atoms with Gasteiger partial charge in [-0.15, -0.1) is 0 Å². The van der Waals surface area contributed by atoms with E-state index in [0.29, 0.717) is 18.9 Å². The molecule has 28 heavy (non-hydrogen) atoms. The Hall–Kier alpha value is -3.34. The molecule has 2 heterocycles. The molecule has 1 aliphatic rings. The van der Waals surface area contributed by atoms with Crippen LogP contribution in [0, 0.1) is 0 Å². The second kappa shape index (κ2) is 8.13. The first-order chi connectivity index (χ1) is 13.7. The molecule has 0 bridgehead atoms. The number of nitrogens with zero attached hydrogens (tertiary/aromatic N) is 2. The third kappa shape index (κ3) is 3.98. The molecule has 0 N–H and O–H groups in total. The first-order valence-corrected chi connectivity index (χ1v) is 9.34. The number of carbonyl (C=O) groups is 1. The van der Waals surface area contributed by atoms with Crippen molar-refractivity contribution in [3.8, 4) is 22.6 Å². The predicted octanol–water partition coefficient (Wildman–Crippen LogP) is 3.94. The highest BCUT2D eigenvalue weighted by Gasteiger charge is 2.26. The fraction of sp³-hybridized carbons (Fsp3) is 0.217. The lowest BCUT2D eigenvalue weighted by atomic mass is 10.0. The van der Waals surface area contributed by atoms with Crippen LogP contribution in [-0.2, 0) is 11.3 Å². The molecular formula is C23H22N2O3. The minimum Gasteiger partial charge on any atom is -0.491 e. The van der Waals surface area contributed by atoms with E-state index in [9.17, 15) is 4.79 Å². The van der Waals surface area contributed by atoms with E-state index in [1.807, 2.05) is 72.6 Å². The van der Waals surface area contributed by atoms with Crippen LogP contribution in [-0.4, -0.2) is 35.0 Å².